The standard InChI is InChI=1S/C28H23Cl2FN8O2/c1-15-4-2-7-21(16-5-3-6-17(10-16)27-20(12-33-36-27)34-28(15)41)38-14-32-19(11-24(38)40)25-22(9-8-18(29)26(25)31)39-13-23(30)35-37-39/h3,5-6,8-15,21H,2,4,7H2,1H3,(H,33,36)(H,34,41). The smallest absolute Gasteiger partial charge is 0.254 e. The molecule has 2 atom stereocenters. The van der Waals surface area contributed by atoms with Gasteiger partial charge in [0.1, 0.15) is 0 Å². The summed E-state index contributed by atoms with van der Waals surface area (Å²) in [5, 5.41) is 17.7. The van der Waals surface area contributed by atoms with Gasteiger partial charge in [-0.25, -0.2) is 14.1 Å². The minimum atomic E-state index is -0.748. The third-order valence-electron chi connectivity index (χ3n) is 7.23. The van der Waals surface area contributed by atoms with Crippen LogP contribution in [-0.4, -0.2) is 40.6 Å². The number of carbonyl (C=O) groups excluding carboxylic acids is 1. The zero-order valence-corrected chi connectivity index (χ0v) is 23.2. The SMILES string of the molecule is CC1CCCC(n2cnc(-c3c(-n4cc(Cl)nn4)ccc(Cl)c3F)cc2=O)c2cccc(c2)-c2[nH]ncc2NC1=O. The van der Waals surface area contributed by atoms with Crippen molar-refractivity contribution in [2.45, 2.75) is 32.2 Å². The molecule has 13 heteroatoms. The highest BCUT2D eigenvalue weighted by atomic mass is 35.5. The Hall–Kier alpha value is -4.35. The van der Waals surface area contributed by atoms with Crippen molar-refractivity contribution in [1.29, 1.82) is 0 Å². The van der Waals surface area contributed by atoms with E-state index in [9.17, 15) is 9.59 Å². The molecule has 208 valence electrons. The fourth-order valence-electron chi connectivity index (χ4n) is 5.09. The van der Waals surface area contributed by atoms with Crippen molar-refractivity contribution in [3.63, 3.8) is 0 Å². The van der Waals surface area contributed by atoms with Gasteiger partial charge >= 0.3 is 0 Å². The second kappa shape index (κ2) is 10.9. The number of anilines is 1. The van der Waals surface area contributed by atoms with Gasteiger partial charge in [-0.15, -0.1) is 5.10 Å². The van der Waals surface area contributed by atoms with Crippen LogP contribution in [0.4, 0.5) is 10.1 Å². The average molecular weight is 593 g/mol. The van der Waals surface area contributed by atoms with E-state index in [1.54, 1.807) is 12.3 Å². The number of amides is 1. The molecule has 2 N–H and O–H groups in total. The Morgan fingerprint density at radius 1 is 1.10 bits per heavy atom. The van der Waals surface area contributed by atoms with E-state index in [1.807, 2.05) is 31.2 Å². The molecule has 3 aromatic heterocycles. The van der Waals surface area contributed by atoms with Crippen LogP contribution in [0.5, 0.6) is 0 Å². The van der Waals surface area contributed by atoms with Crippen LogP contribution in [0.15, 0.2) is 66.0 Å². The van der Waals surface area contributed by atoms with Crippen LogP contribution < -0.4 is 10.9 Å². The van der Waals surface area contributed by atoms with E-state index in [0.717, 1.165) is 11.1 Å². The van der Waals surface area contributed by atoms with Gasteiger partial charge in [0.05, 0.1) is 58.1 Å². The maximum absolute atomic E-state index is 15.4. The van der Waals surface area contributed by atoms with Crippen LogP contribution >= 0.6 is 23.2 Å². The molecule has 0 spiro atoms. The van der Waals surface area contributed by atoms with E-state index in [1.165, 1.54) is 33.9 Å². The number of benzene rings is 2. The number of rotatable bonds is 3. The molecule has 10 nitrogen and oxygen atoms in total. The Bertz CT molecular complexity index is 1830. The number of nitrogens with one attached hydrogen (secondary N) is 2. The number of hydrogen-bond acceptors (Lipinski definition) is 6. The van der Waals surface area contributed by atoms with Crippen molar-refractivity contribution in [2.75, 3.05) is 5.32 Å². The minimum Gasteiger partial charge on any atom is -0.323 e. The molecule has 1 aliphatic heterocycles. The largest absolute Gasteiger partial charge is 0.323 e. The zero-order valence-electron chi connectivity index (χ0n) is 21.7. The van der Waals surface area contributed by atoms with E-state index < -0.39 is 5.82 Å². The summed E-state index contributed by atoms with van der Waals surface area (Å²) in [5.41, 5.74) is 2.93. The average Bonchev–Trinajstić information content (AvgIpc) is 3.61. The van der Waals surface area contributed by atoms with Gasteiger partial charge in [0.15, 0.2) is 11.0 Å². The van der Waals surface area contributed by atoms with Gasteiger partial charge < -0.3 is 5.32 Å². The minimum absolute atomic E-state index is 0.00406. The van der Waals surface area contributed by atoms with E-state index in [4.69, 9.17) is 23.2 Å². The quantitative estimate of drug-likeness (QED) is 0.278. The van der Waals surface area contributed by atoms with Crippen molar-refractivity contribution in [3.05, 3.63) is 93.1 Å². The Kier molecular flexibility index (Phi) is 7.14. The number of carbonyl (C=O) groups is 1. The summed E-state index contributed by atoms with van der Waals surface area (Å²) < 4.78 is 18.2. The first-order valence-electron chi connectivity index (χ1n) is 12.9. The fourth-order valence-corrected chi connectivity index (χ4v) is 5.37. The molecular formula is C28H23Cl2FN8O2. The molecule has 6 rings (SSSR count). The highest BCUT2D eigenvalue weighted by Gasteiger charge is 2.24. The van der Waals surface area contributed by atoms with Crippen molar-refractivity contribution < 1.29 is 9.18 Å². The van der Waals surface area contributed by atoms with Gasteiger partial charge in [-0.05, 0) is 36.6 Å². The fraction of sp³-hybridized carbons (Fsp3) is 0.214. The molecule has 0 saturated carbocycles. The van der Waals surface area contributed by atoms with Crippen LogP contribution in [0.3, 0.4) is 0 Å². The van der Waals surface area contributed by atoms with Crippen LogP contribution in [0.25, 0.3) is 28.2 Å². The number of fused-ring (bicyclic) bond motifs is 4. The van der Waals surface area contributed by atoms with Gasteiger partial charge in [-0.3, -0.25) is 19.3 Å². The number of halogens is 3. The molecule has 0 saturated heterocycles. The topological polar surface area (TPSA) is 123 Å². The van der Waals surface area contributed by atoms with E-state index in [2.05, 4.69) is 30.8 Å². The Balaban J connectivity index is 1.44. The van der Waals surface area contributed by atoms with Gasteiger partial charge in [-0.1, -0.05) is 60.0 Å². The van der Waals surface area contributed by atoms with Crippen molar-refractivity contribution in [3.8, 4) is 28.2 Å². The Morgan fingerprint density at radius 3 is 2.73 bits per heavy atom. The number of H-pyrrole nitrogens is 1. The summed E-state index contributed by atoms with van der Waals surface area (Å²) in [4.78, 5) is 30.9. The molecule has 0 fully saturated rings. The van der Waals surface area contributed by atoms with Crippen molar-refractivity contribution in [2.24, 2.45) is 5.92 Å². The van der Waals surface area contributed by atoms with Gasteiger partial charge in [0.2, 0.25) is 5.91 Å². The van der Waals surface area contributed by atoms with E-state index >= 15 is 4.39 Å². The molecule has 1 aliphatic rings. The van der Waals surface area contributed by atoms with Gasteiger partial charge in [0, 0.05) is 17.5 Å². The lowest BCUT2D eigenvalue weighted by molar-refractivity contribution is -0.119. The highest BCUT2D eigenvalue weighted by Crippen LogP contribution is 2.34. The molecule has 0 aliphatic carbocycles. The molecular weight excluding hydrogens is 570 g/mol. The maximum atomic E-state index is 15.4. The second-order valence-electron chi connectivity index (χ2n) is 9.88. The van der Waals surface area contributed by atoms with Gasteiger partial charge in [-0.2, -0.15) is 5.10 Å². The first-order chi connectivity index (χ1) is 19.8. The summed E-state index contributed by atoms with van der Waals surface area (Å²) in [6, 6.07) is 11.5. The molecule has 5 aromatic rings. The Morgan fingerprint density at radius 2 is 1.95 bits per heavy atom. The monoisotopic (exact) mass is 592 g/mol. The lowest BCUT2D eigenvalue weighted by atomic mass is 9.94. The highest BCUT2D eigenvalue weighted by molar-refractivity contribution is 6.31. The van der Waals surface area contributed by atoms with Gasteiger partial charge in [0.25, 0.3) is 5.56 Å². The first-order valence-corrected chi connectivity index (χ1v) is 13.6. The molecule has 4 heterocycles. The third kappa shape index (κ3) is 5.14. The summed E-state index contributed by atoms with van der Waals surface area (Å²) in [5.74, 6) is -1.10. The number of aromatic nitrogens is 7. The third-order valence-corrected chi connectivity index (χ3v) is 7.70. The number of aromatic amines is 1. The second-order valence-corrected chi connectivity index (χ2v) is 10.7. The van der Waals surface area contributed by atoms with Crippen molar-refractivity contribution in [1.82, 2.24) is 34.7 Å². The van der Waals surface area contributed by atoms with Crippen LogP contribution in [0.1, 0.15) is 37.8 Å². The molecule has 0 radical (unpaired) electrons. The van der Waals surface area contributed by atoms with Crippen molar-refractivity contribution >= 4 is 34.8 Å². The molecule has 2 bridgehead atoms. The zero-order chi connectivity index (χ0) is 28.7. The number of hydrogen-bond donors (Lipinski definition) is 2. The first kappa shape index (κ1) is 26.9. The lowest BCUT2D eigenvalue weighted by Crippen LogP contribution is -2.26. The number of nitrogens with zero attached hydrogens (tertiary/aromatic N) is 6. The molecule has 1 amide bonds. The summed E-state index contributed by atoms with van der Waals surface area (Å²) >= 11 is 12.0. The molecule has 41 heavy (non-hydrogen) atoms. The summed E-state index contributed by atoms with van der Waals surface area (Å²) in [6.45, 7) is 1.87. The van der Waals surface area contributed by atoms with E-state index in [0.29, 0.717) is 30.6 Å². The molecule has 2 aromatic carbocycles. The predicted molar refractivity (Wildman–Crippen MR) is 153 cm³/mol. The van der Waals surface area contributed by atoms with E-state index in [-0.39, 0.29) is 50.5 Å². The summed E-state index contributed by atoms with van der Waals surface area (Å²) in [6.07, 6.45) is 6.28. The van der Waals surface area contributed by atoms with Crippen LogP contribution in [-0.2, 0) is 4.79 Å². The maximum Gasteiger partial charge on any atom is 0.254 e. The summed E-state index contributed by atoms with van der Waals surface area (Å²) in [7, 11) is 0. The Labute approximate surface area is 243 Å². The molecule has 2 unspecified atom stereocenters. The van der Waals surface area contributed by atoms with Crippen LogP contribution in [0.2, 0.25) is 10.2 Å². The van der Waals surface area contributed by atoms with Crippen LogP contribution in [0, 0.1) is 11.7 Å². The predicted octanol–water partition coefficient (Wildman–Crippen LogP) is 5.67. The normalized spacial score (nSPS) is 17.3. The lowest BCUT2D eigenvalue weighted by Gasteiger charge is -2.23.